The molecule has 0 aliphatic carbocycles. The fourth-order valence-corrected chi connectivity index (χ4v) is 1.67. The first-order chi connectivity index (χ1) is 8.97. The second-order valence-corrected chi connectivity index (χ2v) is 3.92. The number of nitro groups is 1. The van der Waals surface area contributed by atoms with Crippen molar-refractivity contribution in [2.24, 2.45) is 0 Å². The van der Waals surface area contributed by atoms with E-state index in [4.69, 9.17) is 23.2 Å². The number of hydrogen-bond donors (Lipinski definition) is 1. The van der Waals surface area contributed by atoms with Gasteiger partial charge in [-0.1, -0.05) is 11.6 Å². The highest BCUT2D eigenvalue weighted by atomic mass is 35.5. The number of hydrogen-bond acceptors (Lipinski definition) is 6. The van der Waals surface area contributed by atoms with E-state index in [2.05, 4.69) is 20.3 Å². The molecular formula is C9H4Cl2FN5O2. The third-order valence-electron chi connectivity index (χ3n) is 1.97. The minimum absolute atomic E-state index is 0.148. The summed E-state index contributed by atoms with van der Waals surface area (Å²) >= 11 is 11.2. The number of pyridine rings is 1. The molecule has 0 spiro atoms. The highest BCUT2D eigenvalue weighted by Crippen LogP contribution is 2.32. The summed E-state index contributed by atoms with van der Waals surface area (Å²) in [6.07, 6.45) is 0.943. The Morgan fingerprint density at radius 1 is 1.32 bits per heavy atom. The topological polar surface area (TPSA) is 93.8 Å². The lowest BCUT2D eigenvalue weighted by Crippen LogP contribution is -2.03. The summed E-state index contributed by atoms with van der Waals surface area (Å²) in [6.45, 7) is 0. The zero-order valence-electron chi connectivity index (χ0n) is 8.97. The Hall–Kier alpha value is -2.06. The Bertz CT molecular complexity index is 637. The SMILES string of the molecule is O=[N+]([O-])c1c(Cl)nc(Cl)nc1Nc1ccc(F)cn1. The van der Waals surface area contributed by atoms with E-state index in [9.17, 15) is 14.5 Å². The van der Waals surface area contributed by atoms with Crippen LogP contribution in [0.2, 0.25) is 10.4 Å². The van der Waals surface area contributed by atoms with E-state index in [-0.39, 0.29) is 16.9 Å². The van der Waals surface area contributed by atoms with Gasteiger partial charge < -0.3 is 5.32 Å². The molecule has 0 aliphatic rings. The molecule has 0 aliphatic heterocycles. The molecular weight excluding hydrogens is 300 g/mol. The number of nitrogens with zero attached hydrogens (tertiary/aromatic N) is 4. The minimum Gasteiger partial charge on any atom is -0.319 e. The fraction of sp³-hybridized carbons (Fsp3) is 0. The maximum atomic E-state index is 12.7. The molecule has 0 aromatic carbocycles. The molecule has 19 heavy (non-hydrogen) atoms. The van der Waals surface area contributed by atoms with Crippen LogP contribution < -0.4 is 5.32 Å². The van der Waals surface area contributed by atoms with Crippen LogP contribution in [0.4, 0.5) is 21.7 Å². The first-order valence-corrected chi connectivity index (χ1v) is 5.49. The average Bonchev–Trinajstić information content (AvgIpc) is 2.30. The zero-order chi connectivity index (χ0) is 14.0. The van der Waals surface area contributed by atoms with Crippen LogP contribution in [0.1, 0.15) is 0 Å². The quantitative estimate of drug-likeness (QED) is 0.405. The van der Waals surface area contributed by atoms with E-state index in [0.717, 1.165) is 12.3 Å². The molecule has 0 saturated heterocycles. The van der Waals surface area contributed by atoms with Crippen LogP contribution in [0.15, 0.2) is 18.3 Å². The van der Waals surface area contributed by atoms with E-state index >= 15 is 0 Å². The monoisotopic (exact) mass is 303 g/mol. The van der Waals surface area contributed by atoms with Gasteiger partial charge in [0.2, 0.25) is 16.3 Å². The van der Waals surface area contributed by atoms with Gasteiger partial charge in [-0.25, -0.2) is 9.37 Å². The molecule has 1 N–H and O–H groups in total. The molecule has 7 nitrogen and oxygen atoms in total. The van der Waals surface area contributed by atoms with Crippen molar-refractivity contribution in [1.29, 1.82) is 0 Å². The van der Waals surface area contributed by atoms with Gasteiger partial charge in [0.15, 0.2) is 0 Å². The lowest BCUT2D eigenvalue weighted by Gasteiger charge is -2.06. The molecule has 10 heteroatoms. The van der Waals surface area contributed by atoms with Crippen LogP contribution in [0.25, 0.3) is 0 Å². The Morgan fingerprint density at radius 2 is 2.05 bits per heavy atom. The van der Waals surface area contributed by atoms with E-state index in [1.165, 1.54) is 6.07 Å². The Balaban J connectivity index is 2.44. The third-order valence-corrected chi connectivity index (χ3v) is 2.40. The van der Waals surface area contributed by atoms with Crippen LogP contribution in [0, 0.1) is 15.9 Å². The van der Waals surface area contributed by atoms with E-state index in [1.54, 1.807) is 0 Å². The van der Waals surface area contributed by atoms with Crippen LogP contribution in [-0.2, 0) is 0 Å². The van der Waals surface area contributed by atoms with Crippen LogP contribution >= 0.6 is 23.2 Å². The van der Waals surface area contributed by atoms with Gasteiger partial charge in [0.05, 0.1) is 11.1 Å². The third kappa shape index (κ3) is 3.04. The molecule has 2 aromatic rings. The van der Waals surface area contributed by atoms with Crippen LogP contribution in [-0.4, -0.2) is 19.9 Å². The molecule has 0 unspecified atom stereocenters. The smallest absolute Gasteiger partial charge is 0.319 e. The zero-order valence-corrected chi connectivity index (χ0v) is 10.5. The van der Waals surface area contributed by atoms with Gasteiger partial charge in [-0.05, 0) is 23.7 Å². The number of nitrogens with one attached hydrogen (secondary N) is 1. The first-order valence-electron chi connectivity index (χ1n) is 4.73. The number of rotatable bonds is 3. The first kappa shape index (κ1) is 13.4. The molecule has 2 aromatic heterocycles. The fourth-order valence-electron chi connectivity index (χ4n) is 1.22. The van der Waals surface area contributed by atoms with Gasteiger partial charge in [0.1, 0.15) is 11.6 Å². The summed E-state index contributed by atoms with van der Waals surface area (Å²) in [7, 11) is 0. The van der Waals surface area contributed by atoms with Crippen molar-refractivity contribution in [2.75, 3.05) is 5.32 Å². The molecule has 0 amide bonds. The summed E-state index contributed by atoms with van der Waals surface area (Å²) in [5.41, 5.74) is -0.544. The van der Waals surface area contributed by atoms with Crippen LogP contribution in [0.5, 0.6) is 0 Å². The molecule has 0 radical (unpaired) electrons. The van der Waals surface area contributed by atoms with Crippen molar-refractivity contribution in [1.82, 2.24) is 15.0 Å². The maximum absolute atomic E-state index is 12.7. The lowest BCUT2D eigenvalue weighted by molar-refractivity contribution is -0.384. The molecule has 0 saturated carbocycles. The molecule has 0 fully saturated rings. The molecule has 0 atom stereocenters. The predicted molar refractivity (Wildman–Crippen MR) is 66.2 cm³/mol. The highest BCUT2D eigenvalue weighted by molar-refractivity contribution is 6.33. The Kier molecular flexibility index (Phi) is 3.72. The summed E-state index contributed by atoms with van der Waals surface area (Å²) in [5, 5.41) is 12.7. The summed E-state index contributed by atoms with van der Waals surface area (Å²) in [6, 6.07) is 2.41. The van der Waals surface area contributed by atoms with Gasteiger partial charge in [-0.15, -0.1) is 0 Å². The van der Waals surface area contributed by atoms with E-state index in [1.807, 2.05) is 0 Å². The van der Waals surface area contributed by atoms with E-state index < -0.39 is 21.6 Å². The number of anilines is 2. The predicted octanol–water partition coefficient (Wildman–Crippen LogP) is 2.97. The molecule has 2 rings (SSSR count). The van der Waals surface area contributed by atoms with Crippen molar-refractivity contribution in [3.63, 3.8) is 0 Å². The molecule has 98 valence electrons. The lowest BCUT2D eigenvalue weighted by atomic mass is 10.4. The summed E-state index contributed by atoms with van der Waals surface area (Å²) in [5.74, 6) is -0.622. The van der Waals surface area contributed by atoms with Gasteiger partial charge in [0, 0.05) is 0 Å². The van der Waals surface area contributed by atoms with E-state index in [0.29, 0.717) is 0 Å². The van der Waals surface area contributed by atoms with Crippen molar-refractivity contribution in [2.45, 2.75) is 0 Å². The normalized spacial score (nSPS) is 10.3. The largest absolute Gasteiger partial charge is 0.348 e. The molecule has 0 bridgehead atoms. The number of halogens is 3. The van der Waals surface area contributed by atoms with Gasteiger partial charge in [-0.3, -0.25) is 10.1 Å². The van der Waals surface area contributed by atoms with Crippen LogP contribution in [0.3, 0.4) is 0 Å². The van der Waals surface area contributed by atoms with Gasteiger partial charge >= 0.3 is 5.69 Å². The summed E-state index contributed by atoms with van der Waals surface area (Å²) < 4.78 is 12.7. The number of aromatic nitrogens is 3. The Morgan fingerprint density at radius 3 is 2.63 bits per heavy atom. The highest BCUT2D eigenvalue weighted by Gasteiger charge is 2.23. The standard InChI is InChI=1S/C9H4Cl2FN5O2/c10-7-6(17(18)19)8(16-9(11)15-7)14-5-2-1-4(12)3-13-5/h1-3H,(H,13,14,15,16). The minimum atomic E-state index is -0.759. The Labute approximate surface area is 115 Å². The molecule has 2 heterocycles. The van der Waals surface area contributed by atoms with Crippen molar-refractivity contribution in [3.05, 3.63) is 44.7 Å². The van der Waals surface area contributed by atoms with Crippen molar-refractivity contribution >= 4 is 40.5 Å². The van der Waals surface area contributed by atoms with Crippen molar-refractivity contribution < 1.29 is 9.31 Å². The maximum Gasteiger partial charge on any atom is 0.348 e. The van der Waals surface area contributed by atoms with Crippen molar-refractivity contribution in [3.8, 4) is 0 Å². The second-order valence-electron chi connectivity index (χ2n) is 3.22. The second kappa shape index (κ2) is 5.29. The van der Waals surface area contributed by atoms with Gasteiger partial charge in [0.25, 0.3) is 0 Å². The van der Waals surface area contributed by atoms with Gasteiger partial charge in [-0.2, -0.15) is 9.97 Å². The average molecular weight is 304 g/mol. The summed E-state index contributed by atoms with van der Waals surface area (Å²) in [4.78, 5) is 20.9.